The molecular formula is C20H24FNO3. The second-order valence-electron chi connectivity index (χ2n) is 5.58. The van der Waals surface area contributed by atoms with Gasteiger partial charge in [-0.3, -0.25) is 0 Å². The largest absolute Gasteiger partial charge is 0.354 e. The van der Waals surface area contributed by atoms with Gasteiger partial charge in [0.2, 0.25) is 0 Å². The number of rotatable bonds is 8. The molecule has 0 saturated carbocycles. The third-order valence-electron chi connectivity index (χ3n) is 3.43. The summed E-state index contributed by atoms with van der Waals surface area (Å²) in [7, 11) is 0. The van der Waals surface area contributed by atoms with E-state index in [1.54, 1.807) is 32.0 Å². The summed E-state index contributed by atoms with van der Waals surface area (Å²) in [6.07, 6.45) is -0.550. The van der Waals surface area contributed by atoms with Crippen molar-refractivity contribution in [2.75, 3.05) is 13.2 Å². The van der Waals surface area contributed by atoms with Gasteiger partial charge < -0.3 is 14.3 Å². The Morgan fingerprint density at radius 1 is 0.960 bits per heavy atom. The third kappa shape index (κ3) is 4.87. The van der Waals surface area contributed by atoms with Crippen molar-refractivity contribution < 1.29 is 18.7 Å². The summed E-state index contributed by atoms with van der Waals surface area (Å²) in [6, 6.07) is 12.5. The molecule has 0 aliphatic carbocycles. The third-order valence-corrected chi connectivity index (χ3v) is 3.43. The van der Waals surface area contributed by atoms with Crippen molar-refractivity contribution in [2.24, 2.45) is 5.16 Å². The van der Waals surface area contributed by atoms with Crippen LogP contribution in [0.15, 0.2) is 47.6 Å². The van der Waals surface area contributed by atoms with Crippen molar-refractivity contribution in [2.45, 2.75) is 34.0 Å². The molecule has 25 heavy (non-hydrogen) atoms. The fourth-order valence-electron chi connectivity index (χ4n) is 2.41. The Bertz CT molecular complexity index is 721. The van der Waals surface area contributed by atoms with E-state index in [2.05, 4.69) is 5.16 Å². The van der Waals surface area contributed by atoms with Gasteiger partial charge in [-0.05, 0) is 39.3 Å². The van der Waals surface area contributed by atoms with Gasteiger partial charge in [0.1, 0.15) is 0 Å². The highest BCUT2D eigenvalue weighted by molar-refractivity contribution is 5.78. The van der Waals surface area contributed by atoms with E-state index in [1.807, 2.05) is 38.1 Å². The van der Waals surface area contributed by atoms with Crippen LogP contribution in [0.1, 0.15) is 39.5 Å². The molecule has 2 rings (SSSR count). The van der Waals surface area contributed by atoms with Crippen molar-refractivity contribution in [1.29, 1.82) is 0 Å². The molecule has 5 heteroatoms. The smallest absolute Gasteiger partial charge is 0.194 e. The summed E-state index contributed by atoms with van der Waals surface area (Å²) < 4.78 is 26.3. The Labute approximate surface area is 148 Å². The number of nitrogens with zero attached hydrogens (tertiary/aromatic N) is 1. The van der Waals surface area contributed by atoms with Gasteiger partial charge in [-0.1, -0.05) is 41.6 Å². The SMILES string of the molecule is CCOC(OCC)c1ccccc1-c1cccc(ON=C(C)C)c1F. The average Bonchev–Trinajstić information content (AvgIpc) is 2.61. The normalized spacial score (nSPS) is 10.8. The van der Waals surface area contributed by atoms with Gasteiger partial charge in [0.15, 0.2) is 17.9 Å². The summed E-state index contributed by atoms with van der Waals surface area (Å²) in [6.45, 7) is 8.35. The van der Waals surface area contributed by atoms with Crippen LogP contribution in [-0.4, -0.2) is 18.9 Å². The van der Waals surface area contributed by atoms with E-state index in [-0.39, 0.29) is 5.75 Å². The predicted octanol–water partition coefficient (Wildman–Crippen LogP) is 5.34. The molecule has 0 saturated heterocycles. The highest BCUT2D eigenvalue weighted by atomic mass is 19.1. The van der Waals surface area contributed by atoms with Crippen LogP contribution < -0.4 is 4.84 Å². The molecule has 0 fully saturated rings. The second-order valence-corrected chi connectivity index (χ2v) is 5.58. The zero-order valence-corrected chi connectivity index (χ0v) is 15.1. The zero-order valence-electron chi connectivity index (χ0n) is 15.1. The molecule has 0 atom stereocenters. The number of benzene rings is 2. The first-order valence-corrected chi connectivity index (χ1v) is 8.37. The summed E-state index contributed by atoms with van der Waals surface area (Å²) >= 11 is 0. The molecule has 0 radical (unpaired) electrons. The molecule has 4 nitrogen and oxygen atoms in total. The average molecular weight is 345 g/mol. The van der Waals surface area contributed by atoms with Crippen LogP contribution in [0.3, 0.4) is 0 Å². The summed E-state index contributed by atoms with van der Waals surface area (Å²) in [5.74, 6) is -0.385. The molecule has 2 aromatic carbocycles. The van der Waals surface area contributed by atoms with E-state index in [1.165, 1.54) is 0 Å². The number of ether oxygens (including phenoxy) is 2. The molecule has 0 aromatic heterocycles. The Morgan fingerprint density at radius 2 is 1.60 bits per heavy atom. The maximum Gasteiger partial charge on any atom is 0.194 e. The van der Waals surface area contributed by atoms with Gasteiger partial charge in [-0.2, -0.15) is 0 Å². The lowest BCUT2D eigenvalue weighted by Crippen LogP contribution is -2.10. The summed E-state index contributed by atoms with van der Waals surface area (Å²) in [5, 5.41) is 3.83. The van der Waals surface area contributed by atoms with Gasteiger partial charge in [0, 0.05) is 24.3 Å². The van der Waals surface area contributed by atoms with Crippen LogP contribution in [0.4, 0.5) is 4.39 Å². The first-order chi connectivity index (χ1) is 12.1. The highest BCUT2D eigenvalue weighted by Gasteiger charge is 2.20. The highest BCUT2D eigenvalue weighted by Crippen LogP contribution is 2.35. The van der Waals surface area contributed by atoms with E-state index in [9.17, 15) is 4.39 Å². The Kier molecular flexibility index (Phi) is 7.10. The van der Waals surface area contributed by atoms with Crippen LogP contribution in [0, 0.1) is 5.82 Å². The van der Waals surface area contributed by atoms with Crippen molar-refractivity contribution in [3.05, 3.63) is 53.8 Å². The number of hydrogen-bond donors (Lipinski definition) is 0. The van der Waals surface area contributed by atoms with Crippen molar-refractivity contribution in [3.8, 4) is 16.9 Å². The van der Waals surface area contributed by atoms with Crippen LogP contribution in [0.25, 0.3) is 11.1 Å². The first-order valence-electron chi connectivity index (χ1n) is 8.37. The van der Waals surface area contributed by atoms with E-state index in [4.69, 9.17) is 14.3 Å². The van der Waals surface area contributed by atoms with Gasteiger partial charge in [-0.15, -0.1) is 0 Å². The number of hydrogen-bond acceptors (Lipinski definition) is 4. The van der Waals surface area contributed by atoms with Gasteiger partial charge in [0.05, 0.1) is 5.71 Å². The standard InChI is InChI=1S/C20H24FNO3/c1-5-23-20(24-6-2)17-11-8-7-10-15(17)16-12-9-13-18(19(16)21)25-22-14(3)4/h7-13,20H,5-6H2,1-4H3. The second kappa shape index (κ2) is 9.30. The predicted molar refractivity (Wildman–Crippen MR) is 97.2 cm³/mol. The first kappa shape index (κ1) is 19.1. The van der Waals surface area contributed by atoms with Crippen molar-refractivity contribution in [3.63, 3.8) is 0 Å². The van der Waals surface area contributed by atoms with Crippen molar-refractivity contribution in [1.82, 2.24) is 0 Å². The van der Waals surface area contributed by atoms with Crippen LogP contribution >= 0.6 is 0 Å². The van der Waals surface area contributed by atoms with Crippen LogP contribution in [0.2, 0.25) is 0 Å². The Morgan fingerprint density at radius 3 is 2.24 bits per heavy atom. The molecule has 0 bridgehead atoms. The van der Waals surface area contributed by atoms with Crippen molar-refractivity contribution >= 4 is 5.71 Å². The molecule has 0 amide bonds. The lowest BCUT2D eigenvalue weighted by atomic mass is 9.98. The van der Waals surface area contributed by atoms with E-state index < -0.39 is 12.1 Å². The van der Waals surface area contributed by atoms with Gasteiger partial charge >= 0.3 is 0 Å². The molecule has 0 aliphatic rings. The lowest BCUT2D eigenvalue weighted by molar-refractivity contribution is -0.139. The molecule has 134 valence electrons. The van der Waals surface area contributed by atoms with E-state index in [0.29, 0.717) is 30.1 Å². The number of halogens is 1. The molecule has 0 heterocycles. The fraction of sp³-hybridized carbons (Fsp3) is 0.350. The zero-order chi connectivity index (χ0) is 18.2. The van der Waals surface area contributed by atoms with E-state index in [0.717, 1.165) is 5.56 Å². The topological polar surface area (TPSA) is 40.0 Å². The van der Waals surface area contributed by atoms with E-state index >= 15 is 0 Å². The van der Waals surface area contributed by atoms with Gasteiger partial charge in [0.25, 0.3) is 0 Å². The maximum absolute atomic E-state index is 14.9. The Balaban J connectivity index is 2.48. The Hall–Kier alpha value is -2.24. The lowest BCUT2D eigenvalue weighted by Gasteiger charge is -2.21. The fourth-order valence-corrected chi connectivity index (χ4v) is 2.41. The summed E-state index contributed by atoms with van der Waals surface area (Å²) in [4.78, 5) is 5.21. The maximum atomic E-state index is 14.9. The molecular weight excluding hydrogens is 321 g/mol. The quantitative estimate of drug-likeness (QED) is 0.368. The molecule has 0 N–H and O–H groups in total. The number of oxime groups is 1. The van der Waals surface area contributed by atoms with Crippen LogP contribution in [-0.2, 0) is 9.47 Å². The molecule has 2 aromatic rings. The molecule has 0 unspecified atom stereocenters. The molecule has 0 spiro atoms. The van der Waals surface area contributed by atoms with Crippen LogP contribution in [0.5, 0.6) is 5.75 Å². The minimum atomic E-state index is -0.550. The summed E-state index contributed by atoms with van der Waals surface area (Å²) in [5.41, 5.74) is 2.60. The van der Waals surface area contributed by atoms with Gasteiger partial charge in [-0.25, -0.2) is 4.39 Å². The minimum absolute atomic E-state index is 0.0814. The monoisotopic (exact) mass is 345 g/mol. The minimum Gasteiger partial charge on any atom is -0.354 e. The molecule has 0 aliphatic heterocycles.